The Morgan fingerprint density at radius 2 is 2.10 bits per heavy atom. The molecule has 0 aliphatic carbocycles. The van der Waals surface area contributed by atoms with E-state index in [1.165, 1.54) is 11.3 Å². The van der Waals surface area contributed by atoms with Crippen LogP contribution in [-0.2, 0) is 11.2 Å². The molecule has 2 aromatic heterocycles. The summed E-state index contributed by atoms with van der Waals surface area (Å²) in [7, 11) is 0. The molecule has 0 saturated heterocycles. The van der Waals surface area contributed by atoms with Crippen LogP contribution < -0.4 is 5.32 Å². The van der Waals surface area contributed by atoms with E-state index in [0.717, 1.165) is 22.0 Å². The van der Waals surface area contributed by atoms with Crippen molar-refractivity contribution in [2.24, 2.45) is 0 Å². The minimum Gasteiger partial charge on any atom is -0.361 e. The van der Waals surface area contributed by atoms with E-state index >= 15 is 0 Å². The summed E-state index contributed by atoms with van der Waals surface area (Å²) in [5.74, 6) is 1.02. The van der Waals surface area contributed by atoms with E-state index in [2.05, 4.69) is 20.7 Å². The fraction of sp³-hybridized carbons (Fsp3) is 0.538. The fourth-order valence-corrected chi connectivity index (χ4v) is 2.56. The van der Waals surface area contributed by atoms with Crippen LogP contribution in [0.4, 0.5) is 5.13 Å². The molecule has 20 heavy (non-hydrogen) atoms. The zero-order chi connectivity index (χ0) is 14.7. The van der Waals surface area contributed by atoms with Crippen molar-refractivity contribution in [3.63, 3.8) is 0 Å². The van der Waals surface area contributed by atoms with E-state index in [1.54, 1.807) is 0 Å². The Labute approximate surface area is 121 Å². The number of amides is 1. The topological polar surface area (TPSA) is 80.9 Å². The first-order chi connectivity index (χ1) is 9.47. The summed E-state index contributed by atoms with van der Waals surface area (Å²) in [6, 6.07) is 0. The summed E-state index contributed by atoms with van der Waals surface area (Å²) < 4.78 is 5.07. The zero-order valence-corrected chi connectivity index (χ0v) is 12.9. The molecule has 0 aliphatic heterocycles. The van der Waals surface area contributed by atoms with E-state index in [1.807, 2.05) is 27.7 Å². The van der Waals surface area contributed by atoms with Crippen LogP contribution in [0.3, 0.4) is 0 Å². The molecule has 6 nitrogen and oxygen atoms in total. The summed E-state index contributed by atoms with van der Waals surface area (Å²) in [4.78, 5) is 11.9. The van der Waals surface area contributed by atoms with Crippen molar-refractivity contribution in [1.82, 2.24) is 15.4 Å². The van der Waals surface area contributed by atoms with Gasteiger partial charge in [-0.05, 0) is 20.3 Å². The second kappa shape index (κ2) is 6.13. The molecule has 0 aliphatic rings. The standard InChI is InChI=1S/C13H18N4O2S/c1-7(2)12-15-16-13(20-12)14-11(18)6-5-10-8(3)17-19-9(10)4/h7H,5-6H2,1-4H3,(H,14,16,18). The van der Waals surface area contributed by atoms with Crippen LogP contribution in [0.15, 0.2) is 4.52 Å². The van der Waals surface area contributed by atoms with Gasteiger partial charge in [0.1, 0.15) is 10.8 Å². The first-order valence-corrected chi connectivity index (χ1v) is 7.34. The normalized spacial score (nSPS) is 11.1. The Hall–Kier alpha value is -1.76. The van der Waals surface area contributed by atoms with Gasteiger partial charge in [-0.15, -0.1) is 10.2 Å². The zero-order valence-electron chi connectivity index (χ0n) is 12.1. The van der Waals surface area contributed by atoms with Crippen LogP contribution in [0.25, 0.3) is 0 Å². The number of nitrogens with one attached hydrogen (secondary N) is 1. The minimum absolute atomic E-state index is 0.0727. The maximum Gasteiger partial charge on any atom is 0.226 e. The largest absolute Gasteiger partial charge is 0.361 e. The van der Waals surface area contributed by atoms with Crippen LogP contribution in [0.2, 0.25) is 0 Å². The van der Waals surface area contributed by atoms with Gasteiger partial charge in [-0.2, -0.15) is 0 Å². The molecule has 0 atom stereocenters. The number of carbonyl (C=O) groups is 1. The smallest absolute Gasteiger partial charge is 0.226 e. The van der Waals surface area contributed by atoms with Gasteiger partial charge in [0.25, 0.3) is 0 Å². The molecule has 1 N–H and O–H groups in total. The second-order valence-corrected chi connectivity index (χ2v) is 5.96. The average molecular weight is 294 g/mol. The molecule has 108 valence electrons. The molecule has 2 aromatic rings. The molecule has 1 amide bonds. The molecule has 0 bridgehead atoms. The molecule has 2 rings (SSSR count). The van der Waals surface area contributed by atoms with Crippen LogP contribution in [0.5, 0.6) is 0 Å². The van der Waals surface area contributed by atoms with Crippen LogP contribution in [-0.4, -0.2) is 21.3 Å². The summed E-state index contributed by atoms with van der Waals surface area (Å²) in [6.45, 7) is 7.82. The lowest BCUT2D eigenvalue weighted by molar-refractivity contribution is -0.116. The molecular weight excluding hydrogens is 276 g/mol. The van der Waals surface area contributed by atoms with E-state index in [0.29, 0.717) is 23.9 Å². The third-order valence-corrected chi connectivity index (χ3v) is 4.10. The Bertz CT molecular complexity index is 584. The van der Waals surface area contributed by atoms with E-state index in [9.17, 15) is 4.79 Å². The number of aromatic nitrogens is 3. The minimum atomic E-state index is -0.0727. The Morgan fingerprint density at radius 3 is 2.65 bits per heavy atom. The van der Waals surface area contributed by atoms with Crippen LogP contribution in [0, 0.1) is 13.8 Å². The number of aryl methyl sites for hydroxylation is 2. The van der Waals surface area contributed by atoms with Crippen molar-refractivity contribution >= 4 is 22.4 Å². The van der Waals surface area contributed by atoms with Gasteiger partial charge in [-0.1, -0.05) is 30.3 Å². The third-order valence-electron chi connectivity index (χ3n) is 2.96. The monoisotopic (exact) mass is 294 g/mol. The highest BCUT2D eigenvalue weighted by Crippen LogP contribution is 2.22. The lowest BCUT2D eigenvalue weighted by Gasteiger charge is -2.01. The van der Waals surface area contributed by atoms with Gasteiger partial charge in [0.05, 0.1) is 5.69 Å². The molecule has 7 heteroatoms. The first-order valence-electron chi connectivity index (χ1n) is 6.52. The Balaban J connectivity index is 1.89. The molecule has 2 heterocycles. The molecule has 0 fully saturated rings. The van der Waals surface area contributed by atoms with Gasteiger partial charge in [-0.25, -0.2) is 0 Å². The maximum absolute atomic E-state index is 11.9. The van der Waals surface area contributed by atoms with Crippen molar-refractivity contribution < 1.29 is 9.32 Å². The highest BCUT2D eigenvalue weighted by atomic mass is 32.1. The number of hydrogen-bond donors (Lipinski definition) is 1. The number of hydrogen-bond acceptors (Lipinski definition) is 6. The first kappa shape index (κ1) is 14.6. The van der Waals surface area contributed by atoms with Crippen LogP contribution in [0.1, 0.15) is 48.2 Å². The average Bonchev–Trinajstić information content (AvgIpc) is 2.96. The highest BCUT2D eigenvalue weighted by Gasteiger charge is 2.13. The molecule has 0 radical (unpaired) electrons. The van der Waals surface area contributed by atoms with Gasteiger partial charge in [0.2, 0.25) is 11.0 Å². The van der Waals surface area contributed by atoms with Gasteiger partial charge in [0, 0.05) is 17.9 Å². The van der Waals surface area contributed by atoms with Gasteiger partial charge >= 0.3 is 0 Å². The molecule has 0 spiro atoms. The maximum atomic E-state index is 11.9. The summed E-state index contributed by atoms with van der Waals surface area (Å²) in [5, 5.41) is 16.1. The lowest BCUT2D eigenvalue weighted by Crippen LogP contribution is -2.12. The van der Waals surface area contributed by atoms with Crippen molar-refractivity contribution in [3.05, 3.63) is 22.0 Å². The van der Waals surface area contributed by atoms with Gasteiger partial charge in [0.15, 0.2) is 0 Å². The van der Waals surface area contributed by atoms with E-state index in [-0.39, 0.29) is 5.91 Å². The van der Waals surface area contributed by atoms with Crippen LogP contribution >= 0.6 is 11.3 Å². The molecule has 0 unspecified atom stereocenters. The van der Waals surface area contributed by atoms with E-state index < -0.39 is 0 Å². The molecule has 0 saturated carbocycles. The van der Waals surface area contributed by atoms with Crippen molar-refractivity contribution in [2.45, 2.75) is 46.5 Å². The van der Waals surface area contributed by atoms with Gasteiger partial charge < -0.3 is 9.84 Å². The lowest BCUT2D eigenvalue weighted by atomic mass is 10.1. The Morgan fingerprint density at radius 1 is 1.35 bits per heavy atom. The Kier molecular flexibility index (Phi) is 4.49. The number of rotatable bonds is 5. The molecular formula is C13H18N4O2S. The van der Waals surface area contributed by atoms with Gasteiger partial charge in [-0.3, -0.25) is 4.79 Å². The summed E-state index contributed by atoms with van der Waals surface area (Å²) >= 11 is 1.41. The third kappa shape index (κ3) is 3.41. The van der Waals surface area contributed by atoms with E-state index in [4.69, 9.17) is 4.52 Å². The fourth-order valence-electron chi connectivity index (χ4n) is 1.80. The second-order valence-electron chi connectivity index (χ2n) is 4.95. The predicted octanol–water partition coefficient (Wildman–Crippen LogP) is 2.84. The quantitative estimate of drug-likeness (QED) is 0.917. The highest BCUT2D eigenvalue weighted by molar-refractivity contribution is 7.15. The summed E-state index contributed by atoms with van der Waals surface area (Å²) in [5.41, 5.74) is 1.84. The van der Waals surface area contributed by atoms with Crippen molar-refractivity contribution in [2.75, 3.05) is 5.32 Å². The van der Waals surface area contributed by atoms with Crippen molar-refractivity contribution in [3.8, 4) is 0 Å². The van der Waals surface area contributed by atoms with Crippen molar-refractivity contribution in [1.29, 1.82) is 0 Å². The predicted molar refractivity (Wildman–Crippen MR) is 76.9 cm³/mol. The SMILES string of the molecule is Cc1noc(C)c1CCC(=O)Nc1nnc(C(C)C)s1. The number of anilines is 1. The molecule has 0 aromatic carbocycles. The number of carbonyl (C=O) groups excluding carboxylic acids is 1. The number of nitrogens with zero attached hydrogens (tertiary/aromatic N) is 3. The summed E-state index contributed by atoms with van der Waals surface area (Å²) in [6.07, 6.45) is 0.988.